The predicted molar refractivity (Wildman–Crippen MR) is 87.3 cm³/mol. The fraction of sp³-hybridized carbons (Fsp3) is 0.900. The van der Waals surface area contributed by atoms with Crippen molar-refractivity contribution in [2.24, 2.45) is 34.5 Å². The lowest BCUT2D eigenvalue weighted by molar-refractivity contribution is -0.159. The molecule has 1 aliphatic heterocycles. The number of rotatable bonds is 1. The zero-order valence-electron chi connectivity index (χ0n) is 14.9. The average molecular weight is 332 g/mol. The van der Waals surface area contributed by atoms with Crippen LogP contribution in [-0.4, -0.2) is 37.0 Å². The predicted octanol–water partition coefficient (Wildman–Crippen LogP) is 2.78. The molecule has 0 bridgehead atoms. The maximum Gasteiger partial charge on any atom is 0.141 e. The zero-order valence-corrected chi connectivity index (χ0v) is 14.9. The normalized spacial score (nSPS) is 58.5. The highest BCUT2D eigenvalue weighted by Gasteiger charge is 2.67. The highest BCUT2D eigenvalue weighted by molar-refractivity contribution is 5.89. The molecule has 132 valence electrons. The minimum atomic E-state index is -0.279. The molecule has 0 aromatic rings. The van der Waals surface area contributed by atoms with Gasteiger partial charge in [-0.1, -0.05) is 13.8 Å². The van der Waals surface area contributed by atoms with Crippen LogP contribution in [0, 0.1) is 34.5 Å². The van der Waals surface area contributed by atoms with E-state index in [1.165, 1.54) is 0 Å². The Morgan fingerprint density at radius 1 is 1.17 bits per heavy atom. The van der Waals surface area contributed by atoms with Gasteiger partial charge in [-0.2, -0.15) is 0 Å². The number of hydrogen-bond acceptors (Lipinski definition) is 4. The maximum absolute atomic E-state index is 13.0. The number of carbonyl (C=O) groups is 2. The lowest BCUT2D eigenvalue weighted by atomic mass is 9.45. The summed E-state index contributed by atoms with van der Waals surface area (Å²) in [5.41, 5.74) is -0.221. The average Bonchev–Trinajstić information content (AvgIpc) is 3.22. The number of ketones is 2. The molecular formula is C20H28O4. The van der Waals surface area contributed by atoms with E-state index < -0.39 is 0 Å². The second kappa shape index (κ2) is 4.70. The summed E-state index contributed by atoms with van der Waals surface area (Å²) >= 11 is 0. The van der Waals surface area contributed by atoms with E-state index in [0.717, 1.165) is 25.7 Å². The molecule has 4 nitrogen and oxygen atoms in total. The van der Waals surface area contributed by atoms with Gasteiger partial charge < -0.3 is 9.47 Å². The van der Waals surface area contributed by atoms with Crippen molar-refractivity contribution >= 4 is 11.6 Å². The highest BCUT2D eigenvalue weighted by atomic mass is 16.6. The molecule has 0 amide bonds. The summed E-state index contributed by atoms with van der Waals surface area (Å²) in [6, 6.07) is 0. The topological polar surface area (TPSA) is 55.9 Å². The van der Waals surface area contributed by atoms with Crippen LogP contribution in [0.4, 0.5) is 0 Å². The molecule has 5 rings (SSSR count). The first-order valence-corrected chi connectivity index (χ1v) is 9.63. The summed E-state index contributed by atoms with van der Waals surface area (Å²) in [5.74, 6) is 2.01. The van der Waals surface area contributed by atoms with Crippen LogP contribution in [0.2, 0.25) is 0 Å². The van der Waals surface area contributed by atoms with Gasteiger partial charge in [0.1, 0.15) is 11.6 Å². The third-order valence-corrected chi connectivity index (χ3v) is 8.68. The Morgan fingerprint density at radius 2 is 1.96 bits per heavy atom. The van der Waals surface area contributed by atoms with Crippen LogP contribution >= 0.6 is 0 Å². The summed E-state index contributed by atoms with van der Waals surface area (Å²) in [7, 11) is 1.73. The van der Waals surface area contributed by atoms with Gasteiger partial charge in [0, 0.05) is 37.2 Å². The molecule has 0 spiro atoms. The number of hydrogen-bond donors (Lipinski definition) is 0. The van der Waals surface area contributed by atoms with Gasteiger partial charge >= 0.3 is 0 Å². The fourth-order valence-corrected chi connectivity index (χ4v) is 7.36. The molecule has 4 heteroatoms. The van der Waals surface area contributed by atoms with Gasteiger partial charge in [-0.15, -0.1) is 0 Å². The van der Waals surface area contributed by atoms with Crippen molar-refractivity contribution in [1.29, 1.82) is 0 Å². The Balaban J connectivity index is 1.54. The summed E-state index contributed by atoms with van der Waals surface area (Å²) in [5, 5.41) is 0. The SMILES string of the molecule is CO[C@@H]1CC(=O)[C@@]2(C)CC[C@H]3[C@@H](CC(=O)[C@H]4C[C@@H]5O[C@@H]5C[C@@]43C)[C@H]12. The number of ether oxygens (including phenoxy) is 2. The van der Waals surface area contributed by atoms with E-state index >= 15 is 0 Å². The molecule has 1 heterocycles. The van der Waals surface area contributed by atoms with E-state index in [2.05, 4.69) is 13.8 Å². The number of Topliss-reactive ketones (excluding diaryl/α,β-unsaturated/α-hetero) is 2. The van der Waals surface area contributed by atoms with Gasteiger partial charge in [-0.05, 0) is 42.9 Å². The Morgan fingerprint density at radius 3 is 2.71 bits per heavy atom. The van der Waals surface area contributed by atoms with Crippen LogP contribution < -0.4 is 0 Å². The third kappa shape index (κ3) is 1.77. The van der Waals surface area contributed by atoms with Gasteiger partial charge in [0.2, 0.25) is 0 Å². The first-order chi connectivity index (χ1) is 11.4. The van der Waals surface area contributed by atoms with Crippen LogP contribution in [0.3, 0.4) is 0 Å². The van der Waals surface area contributed by atoms with E-state index in [4.69, 9.17) is 9.47 Å². The van der Waals surface area contributed by atoms with Crippen molar-refractivity contribution in [3.05, 3.63) is 0 Å². The van der Waals surface area contributed by atoms with Gasteiger partial charge in [-0.25, -0.2) is 0 Å². The van der Waals surface area contributed by atoms with Gasteiger partial charge in [-0.3, -0.25) is 9.59 Å². The first-order valence-electron chi connectivity index (χ1n) is 9.63. The largest absolute Gasteiger partial charge is 0.381 e. The Kier molecular flexibility index (Phi) is 3.04. The fourth-order valence-electron chi connectivity index (χ4n) is 7.36. The molecule has 4 aliphatic carbocycles. The summed E-state index contributed by atoms with van der Waals surface area (Å²) in [6.07, 6.45) is 5.91. The Bertz CT molecular complexity index is 615. The molecule has 4 saturated carbocycles. The molecule has 5 aliphatic rings. The van der Waals surface area contributed by atoms with E-state index in [1.807, 2.05) is 0 Å². The number of fused-ring (bicyclic) bond motifs is 6. The summed E-state index contributed by atoms with van der Waals surface area (Å²) in [6.45, 7) is 4.47. The van der Waals surface area contributed by atoms with E-state index in [0.29, 0.717) is 48.5 Å². The minimum Gasteiger partial charge on any atom is -0.381 e. The molecular weight excluding hydrogens is 304 g/mol. The standard InChI is InChI=1S/C20H28O4/c1-19-5-4-11-10(18(19)15(23-3)8-17(19)22)6-13(21)12-7-14-16(24-14)9-20(11,12)2/h10-12,14-16,18H,4-9H2,1-3H3/t10-,11+,12-,14+,15-,16-,18-,19-,20-/m1/s1. The third-order valence-electron chi connectivity index (χ3n) is 8.68. The smallest absolute Gasteiger partial charge is 0.141 e. The zero-order chi connectivity index (χ0) is 16.9. The van der Waals surface area contributed by atoms with Gasteiger partial charge in [0.25, 0.3) is 0 Å². The van der Waals surface area contributed by atoms with E-state index in [9.17, 15) is 9.59 Å². The van der Waals surface area contributed by atoms with Crippen molar-refractivity contribution in [2.45, 2.75) is 70.7 Å². The minimum absolute atomic E-state index is 0.00300. The number of epoxide rings is 1. The quantitative estimate of drug-likeness (QED) is 0.693. The molecule has 0 N–H and O–H groups in total. The summed E-state index contributed by atoms with van der Waals surface area (Å²) < 4.78 is 11.5. The van der Waals surface area contributed by atoms with Crippen molar-refractivity contribution in [3.63, 3.8) is 0 Å². The maximum atomic E-state index is 13.0. The number of carbonyl (C=O) groups excluding carboxylic acids is 2. The van der Waals surface area contributed by atoms with E-state index in [-0.39, 0.29) is 28.8 Å². The molecule has 0 unspecified atom stereocenters. The van der Waals surface area contributed by atoms with Gasteiger partial charge in [0.05, 0.1) is 18.3 Å². The monoisotopic (exact) mass is 332 g/mol. The van der Waals surface area contributed by atoms with Crippen molar-refractivity contribution in [2.75, 3.05) is 7.11 Å². The lowest BCUT2D eigenvalue weighted by Crippen LogP contribution is -2.58. The van der Waals surface area contributed by atoms with E-state index in [1.54, 1.807) is 7.11 Å². The molecule has 0 aromatic carbocycles. The van der Waals surface area contributed by atoms with Crippen molar-refractivity contribution < 1.29 is 19.1 Å². The molecule has 24 heavy (non-hydrogen) atoms. The van der Waals surface area contributed by atoms with Gasteiger partial charge in [0.15, 0.2) is 0 Å². The van der Waals surface area contributed by atoms with Crippen molar-refractivity contribution in [1.82, 2.24) is 0 Å². The van der Waals surface area contributed by atoms with Crippen LogP contribution in [0.1, 0.15) is 52.4 Å². The van der Waals surface area contributed by atoms with Crippen LogP contribution in [0.5, 0.6) is 0 Å². The first kappa shape index (κ1) is 15.5. The molecule has 0 radical (unpaired) electrons. The lowest BCUT2D eigenvalue weighted by Gasteiger charge is -2.58. The molecule has 9 atom stereocenters. The van der Waals surface area contributed by atoms with Crippen molar-refractivity contribution in [3.8, 4) is 0 Å². The summed E-state index contributed by atoms with van der Waals surface area (Å²) in [4.78, 5) is 25.7. The van der Waals surface area contributed by atoms with Crippen LogP contribution in [0.25, 0.3) is 0 Å². The molecule has 0 aromatic heterocycles. The second-order valence-corrected chi connectivity index (χ2v) is 9.54. The van der Waals surface area contributed by atoms with Crippen LogP contribution in [-0.2, 0) is 19.1 Å². The highest BCUT2D eigenvalue weighted by Crippen LogP contribution is 2.66. The number of methoxy groups -OCH3 is 1. The molecule has 5 fully saturated rings. The molecule has 1 saturated heterocycles. The Hall–Kier alpha value is -0.740. The second-order valence-electron chi connectivity index (χ2n) is 9.54. The van der Waals surface area contributed by atoms with Crippen LogP contribution in [0.15, 0.2) is 0 Å². The Labute approximate surface area is 143 Å².